The molecular weight excluding hydrogens is 456 g/mol. The van der Waals surface area contributed by atoms with Gasteiger partial charge >= 0.3 is 6.09 Å². The van der Waals surface area contributed by atoms with Gasteiger partial charge in [-0.2, -0.15) is 0 Å². The van der Waals surface area contributed by atoms with Crippen molar-refractivity contribution in [2.24, 2.45) is 17.8 Å². The van der Waals surface area contributed by atoms with Gasteiger partial charge in [-0.1, -0.05) is 13.8 Å². The Labute approximate surface area is 204 Å². The van der Waals surface area contributed by atoms with Crippen molar-refractivity contribution in [2.45, 2.75) is 58.2 Å². The number of nitrogens with zero attached hydrogens (tertiary/aromatic N) is 1. The molecule has 2 saturated heterocycles. The number of hydrogen-bond donors (Lipinski definition) is 3. The smallest absolute Gasteiger partial charge is 0.407 e. The van der Waals surface area contributed by atoms with Crippen molar-refractivity contribution >= 4 is 30.1 Å². The highest BCUT2D eigenvalue weighted by Gasteiger charge is 2.34. The minimum atomic E-state index is -0.919. The normalized spacial score (nSPS) is 21.5. The molecule has 35 heavy (non-hydrogen) atoms. The van der Waals surface area contributed by atoms with Crippen LogP contribution >= 0.6 is 0 Å². The maximum absolute atomic E-state index is 12.8. The molecule has 0 radical (unpaired) electrons. The number of likely N-dealkylation sites (tertiary alicyclic amines) is 1. The largest absolute Gasteiger partial charge is 0.467 e. The summed E-state index contributed by atoms with van der Waals surface area (Å²) in [7, 11) is 0. The Balaban J connectivity index is 1.48. The van der Waals surface area contributed by atoms with Gasteiger partial charge in [0, 0.05) is 19.0 Å². The number of amides is 4. The fraction of sp³-hybridized carbons (Fsp3) is 0.625. The fourth-order valence-electron chi connectivity index (χ4n) is 4.38. The van der Waals surface area contributed by atoms with Crippen molar-refractivity contribution in [3.05, 3.63) is 24.2 Å². The first-order valence-corrected chi connectivity index (χ1v) is 12.0. The van der Waals surface area contributed by atoms with E-state index in [9.17, 15) is 24.0 Å². The van der Waals surface area contributed by atoms with E-state index in [0.717, 1.165) is 0 Å². The Hall–Kier alpha value is -3.37. The first-order chi connectivity index (χ1) is 16.8. The summed E-state index contributed by atoms with van der Waals surface area (Å²) in [5.74, 6) is -0.789. The van der Waals surface area contributed by atoms with Gasteiger partial charge in [0.25, 0.3) is 0 Å². The summed E-state index contributed by atoms with van der Waals surface area (Å²) in [5.41, 5.74) is 0. The van der Waals surface area contributed by atoms with Crippen molar-refractivity contribution in [2.75, 3.05) is 19.7 Å². The number of rotatable bonds is 12. The van der Waals surface area contributed by atoms with Gasteiger partial charge < -0.3 is 34.8 Å². The van der Waals surface area contributed by atoms with E-state index in [4.69, 9.17) is 9.15 Å². The molecular formula is C24H34N4O7. The first kappa shape index (κ1) is 26.2. The summed E-state index contributed by atoms with van der Waals surface area (Å²) in [6, 6.07) is 1.80. The lowest BCUT2D eigenvalue weighted by atomic mass is 9.98. The maximum atomic E-state index is 12.8. The predicted molar refractivity (Wildman–Crippen MR) is 124 cm³/mol. The average Bonchev–Trinajstić information content (AvgIpc) is 3.55. The molecule has 4 amide bonds. The van der Waals surface area contributed by atoms with Gasteiger partial charge in [-0.25, -0.2) is 4.79 Å². The van der Waals surface area contributed by atoms with Gasteiger partial charge in [0.05, 0.1) is 24.8 Å². The molecule has 1 aromatic rings. The molecule has 1 unspecified atom stereocenters. The van der Waals surface area contributed by atoms with Gasteiger partial charge in [-0.05, 0) is 43.7 Å². The van der Waals surface area contributed by atoms with Crippen LogP contribution in [0.3, 0.4) is 0 Å². The number of ether oxygens (including phenoxy) is 1. The topological polar surface area (TPSA) is 147 Å². The number of furan rings is 1. The standard InChI is InChI=1S/C24H34N4O7/c1-15(2)10-20(22(31)26-18(13-29)11-16-5-7-25-21(16)30)27-24(33)35-14-17-6-8-28(23(17)32)12-19-4-3-9-34-19/h3-4,9,13,15-18,20H,5-8,10-12,14H2,1-2H3,(H,25,30)(H,26,31)(H,27,33)/t16-,17?,18-,20-/m0/s1. The summed E-state index contributed by atoms with van der Waals surface area (Å²) in [4.78, 5) is 62.8. The zero-order valence-electron chi connectivity index (χ0n) is 20.2. The molecule has 1 aromatic heterocycles. The zero-order chi connectivity index (χ0) is 25.4. The predicted octanol–water partition coefficient (Wildman–Crippen LogP) is 0.979. The van der Waals surface area contributed by atoms with Crippen molar-refractivity contribution in [3.63, 3.8) is 0 Å². The highest BCUT2D eigenvalue weighted by molar-refractivity contribution is 5.88. The molecule has 2 aliphatic rings. The number of carbonyl (C=O) groups is 5. The van der Waals surface area contributed by atoms with Crippen LogP contribution in [-0.4, -0.2) is 66.8 Å². The second-order valence-corrected chi connectivity index (χ2v) is 9.51. The fourth-order valence-corrected chi connectivity index (χ4v) is 4.38. The van der Waals surface area contributed by atoms with E-state index in [2.05, 4.69) is 16.0 Å². The number of aldehydes is 1. The van der Waals surface area contributed by atoms with Crippen LogP contribution in [0.25, 0.3) is 0 Å². The van der Waals surface area contributed by atoms with Crippen LogP contribution in [-0.2, 0) is 30.5 Å². The Morgan fingerprint density at radius 2 is 2.06 bits per heavy atom. The summed E-state index contributed by atoms with van der Waals surface area (Å²) in [6.45, 7) is 5.17. The lowest BCUT2D eigenvalue weighted by molar-refractivity contribution is -0.132. The molecule has 0 aliphatic carbocycles. The summed E-state index contributed by atoms with van der Waals surface area (Å²) < 4.78 is 10.6. The molecule has 11 heteroatoms. The van der Waals surface area contributed by atoms with Gasteiger partial charge in [-0.15, -0.1) is 0 Å². The minimum Gasteiger partial charge on any atom is -0.467 e. The molecule has 4 atom stereocenters. The van der Waals surface area contributed by atoms with Gasteiger partial charge in [0.15, 0.2) is 0 Å². The highest BCUT2D eigenvalue weighted by Crippen LogP contribution is 2.21. The third-order valence-electron chi connectivity index (χ3n) is 6.26. The van der Waals surface area contributed by atoms with Crippen molar-refractivity contribution in [1.82, 2.24) is 20.9 Å². The lowest BCUT2D eigenvalue weighted by Gasteiger charge is -2.23. The second-order valence-electron chi connectivity index (χ2n) is 9.51. The third-order valence-corrected chi connectivity index (χ3v) is 6.26. The number of hydrogen-bond acceptors (Lipinski definition) is 7. The van der Waals surface area contributed by atoms with E-state index < -0.39 is 30.0 Å². The highest BCUT2D eigenvalue weighted by atomic mass is 16.5. The molecule has 3 heterocycles. The number of carbonyl (C=O) groups excluding carboxylic acids is 5. The molecule has 0 bridgehead atoms. The van der Waals surface area contributed by atoms with Gasteiger partial charge in [-0.3, -0.25) is 14.4 Å². The van der Waals surface area contributed by atoms with Gasteiger partial charge in [0.2, 0.25) is 17.7 Å². The average molecular weight is 491 g/mol. The van der Waals surface area contributed by atoms with E-state index >= 15 is 0 Å². The van der Waals surface area contributed by atoms with E-state index in [0.29, 0.717) is 50.9 Å². The van der Waals surface area contributed by atoms with Crippen LogP contribution in [0.2, 0.25) is 0 Å². The SMILES string of the molecule is CC(C)C[C@H](NC(=O)OCC1CCN(Cc2ccco2)C1=O)C(=O)N[C@H](C=O)C[C@@H]1CCNC1=O. The van der Waals surface area contributed by atoms with E-state index in [1.807, 2.05) is 13.8 Å². The first-order valence-electron chi connectivity index (χ1n) is 12.0. The Bertz CT molecular complexity index is 902. The van der Waals surface area contributed by atoms with Crippen LogP contribution in [0.4, 0.5) is 4.79 Å². The second kappa shape index (κ2) is 12.4. The minimum absolute atomic E-state index is 0.0768. The van der Waals surface area contributed by atoms with Crippen molar-refractivity contribution in [3.8, 4) is 0 Å². The van der Waals surface area contributed by atoms with Crippen LogP contribution in [0, 0.1) is 17.8 Å². The van der Waals surface area contributed by atoms with Crippen LogP contribution in [0.1, 0.15) is 45.3 Å². The molecule has 3 rings (SSSR count). The molecule has 2 fully saturated rings. The Kier molecular flexibility index (Phi) is 9.27. The molecule has 0 saturated carbocycles. The van der Waals surface area contributed by atoms with Crippen molar-refractivity contribution in [1.29, 1.82) is 0 Å². The summed E-state index contributed by atoms with van der Waals surface area (Å²) >= 11 is 0. The van der Waals surface area contributed by atoms with Crippen LogP contribution in [0.5, 0.6) is 0 Å². The number of nitrogens with one attached hydrogen (secondary N) is 3. The maximum Gasteiger partial charge on any atom is 0.407 e. The Morgan fingerprint density at radius 3 is 2.69 bits per heavy atom. The van der Waals surface area contributed by atoms with Gasteiger partial charge in [0.1, 0.15) is 24.7 Å². The molecule has 2 aliphatic heterocycles. The zero-order valence-corrected chi connectivity index (χ0v) is 20.2. The number of alkyl carbamates (subject to hydrolysis) is 1. The third kappa shape index (κ3) is 7.56. The van der Waals surface area contributed by atoms with Crippen LogP contribution < -0.4 is 16.0 Å². The van der Waals surface area contributed by atoms with Crippen molar-refractivity contribution < 1.29 is 33.1 Å². The van der Waals surface area contributed by atoms with E-state index in [1.165, 1.54) is 0 Å². The molecule has 0 aromatic carbocycles. The molecule has 3 N–H and O–H groups in total. The molecule has 192 valence electrons. The van der Waals surface area contributed by atoms with Crippen LogP contribution in [0.15, 0.2) is 22.8 Å². The van der Waals surface area contributed by atoms with E-state index in [1.54, 1.807) is 23.3 Å². The quantitative estimate of drug-likeness (QED) is 0.370. The Morgan fingerprint density at radius 1 is 1.26 bits per heavy atom. The summed E-state index contributed by atoms with van der Waals surface area (Å²) in [5, 5.41) is 7.90. The monoisotopic (exact) mass is 490 g/mol. The lowest BCUT2D eigenvalue weighted by Crippen LogP contribution is -2.51. The molecule has 0 spiro atoms. The summed E-state index contributed by atoms with van der Waals surface area (Å²) in [6.07, 6.45) is 3.05. The molecule has 11 nitrogen and oxygen atoms in total. The van der Waals surface area contributed by atoms with E-state index in [-0.39, 0.29) is 36.7 Å².